The fraction of sp³-hybridized carbons (Fsp3) is 0.385. The van der Waals surface area contributed by atoms with Crippen LogP contribution in [0.2, 0.25) is 0 Å². The highest BCUT2D eigenvalue weighted by atomic mass is 79.9. The highest BCUT2D eigenvalue weighted by Gasteiger charge is 2.18. The normalized spacial score (nSPS) is 11.2. The fourth-order valence-electron chi connectivity index (χ4n) is 1.99. The van der Waals surface area contributed by atoms with E-state index in [2.05, 4.69) is 26.2 Å². The third-order valence-corrected chi connectivity index (χ3v) is 3.11. The second-order valence-electron chi connectivity index (χ2n) is 4.71. The van der Waals surface area contributed by atoms with Gasteiger partial charge in [-0.15, -0.1) is 0 Å². The van der Waals surface area contributed by atoms with Crippen molar-refractivity contribution in [3.05, 3.63) is 33.7 Å². The van der Waals surface area contributed by atoms with E-state index in [1.165, 1.54) is 0 Å². The molecule has 1 amide bonds. The summed E-state index contributed by atoms with van der Waals surface area (Å²) in [5, 5.41) is 2.90. The third-order valence-electron chi connectivity index (χ3n) is 2.68. The van der Waals surface area contributed by atoms with Gasteiger partial charge >= 0.3 is 0 Å². The van der Waals surface area contributed by atoms with E-state index in [0.717, 1.165) is 21.4 Å². The second-order valence-corrected chi connectivity index (χ2v) is 5.62. The number of amides is 1. The highest BCUT2D eigenvalue weighted by molar-refractivity contribution is 9.10. The number of imidazole rings is 1. The van der Waals surface area contributed by atoms with Crippen LogP contribution >= 0.6 is 15.9 Å². The van der Waals surface area contributed by atoms with Crippen molar-refractivity contribution in [3.63, 3.8) is 0 Å². The lowest BCUT2D eigenvalue weighted by atomic mass is 10.3. The van der Waals surface area contributed by atoms with E-state index in [1.807, 2.05) is 44.4 Å². The molecule has 0 aromatic carbocycles. The first-order valence-corrected chi connectivity index (χ1v) is 6.65. The first kappa shape index (κ1) is 13.1. The number of aryl methyl sites for hydroxylation is 2. The van der Waals surface area contributed by atoms with Gasteiger partial charge < -0.3 is 5.32 Å². The number of nitrogens with one attached hydrogen (secondary N) is 1. The van der Waals surface area contributed by atoms with Crippen LogP contribution in [0, 0.1) is 13.8 Å². The summed E-state index contributed by atoms with van der Waals surface area (Å²) in [6.07, 6.45) is 1.87. The van der Waals surface area contributed by atoms with E-state index in [-0.39, 0.29) is 11.9 Å². The summed E-state index contributed by atoms with van der Waals surface area (Å²) in [4.78, 5) is 16.6. The quantitative estimate of drug-likeness (QED) is 0.927. The van der Waals surface area contributed by atoms with Gasteiger partial charge in [-0.2, -0.15) is 0 Å². The predicted octanol–water partition coefficient (Wildman–Crippen LogP) is 2.85. The summed E-state index contributed by atoms with van der Waals surface area (Å²) in [5.74, 6) is -0.0903. The molecule has 0 saturated carbocycles. The van der Waals surface area contributed by atoms with Crippen LogP contribution in [0.25, 0.3) is 5.65 Å². The Morgan fingerprint density at radius 1 is 1.44 bits per heavy atom. The Balaban J connectivity index is 2.63. The largest absolute Gasteiger partial charge is 0.349 e. The van der Waals surface area contributed by atoms with Gasteiger partial charge in [-0.05, 0) is 55.3 Å². The van der Waals surface area contributed by atoms with Gasteiger partial charge in [-0.25, -0.2) is 4.98 Å². The van der Waals surface area contributed by atoms with E-state index in [0.29, 0.717) is 5.69 Å². The number of carbonyl (C=O) groups excluding carboxylic acids is 1. The molecular formula is C13H16BrN3O. The smallest absolute Gasteiger partial charge is 0.270 e. The molecule has 0 bridgehead atoms. The van der Waals surface area contributed by atoms with Gasteiger partial charge in [-0.3, -0.25) is 9.20 Å². The summed E-state index contributed by atoms with van der Waals surface area (Å²) in [6.45, 7) is 7.72. The molecule has 2 aromatic rings. The lowest BCUT2D eigenvalue weighted by molar-refractivity contribution is 0.0936. The Kier molecular flexibility index (Phi) is 3.43. The molecule has 96 valence electrons. The van der Waals surface area contributed by atoms with E-state index in [1.54, 1.807) is 0 Å². The number of nitrogens with zero attached hydrogens (tertiary/aromatic N) is 2. The summed E-state index contributed by atoms with van der Waals surface area (Å²) in [6, 6.07) is 2.10. The van der Waals surface area contributed by atoms with Crippen LogP contribution in [0.4, 0.5) is 0 Å². The minimum Gasteiger partial charge on any atom is -0.349 e. The van der Waals surface area contributed by atoms with E-state index in [4.69, 9.17) is 0 Å². The van der Waals surface area contributed by atoms with Crippen molar-refractivity contribution in [3.8, 4) is 0 Å². The molecule has 0 radical (unpaired) electrons. The number of rotatable bonds is 2. The molecule has 0 spiro atoms. The zero-order valence-electron chi connectivity index (χ0n) is 10.9. The Bertz CT molecular complexity index is 616. The number of pyridine rings is 1. The first-order chi connectivity index (χ1) is 8.40. The van der Waals surface area contributed by atoms with Gasteiger partial charge in [0.05, 0.1) is 5.69 Å². The van der Waals surface area contributed by atoms with Crippen LogP contribution in [0.5, 0.6) is 0 Å². The maximum Gasteiger partial charge on any atom is 0.270 e. The third kappa shape index (κ3) is 2.27. The molecule has 0 aliphatic heterocycles. The molecule has 2 aromatic heterocycles. The van der Waals surface area contributed by atoms with Crippen molar-refractivity contribution in [1.82, 2.24) is 14.7 Å². The molecule has 4 nitrogen and oxygen atoms in total. The summed E-state index contributed by atoms with van der Waals surface area (Å²) >= 11 is 3.45. The van der Waals surface area contributed by atoms with Crippen LogP contribution in [0.1, 0.15) is 35.6 Å². The number of carbonyl (C=O) groups is 1. The molecule has 5 heteroatoms. The fourth-order valence-corrected chi connectivity index (χ4v) is 2.53. The maximum atomic E-state index is 12.2. The lowest BCUT2D eigenvalue weighted by Gasteiger charge is -2.09. The SMILES string of the molecule is Cc1nc2c(C)cc(Br)cn2c1C(=O)NC(C)C. The minimum atomic E-state index is -0.0903. The van der Waals surface area contributed by atoms with Crippen molar-refractivity contribution < 1.29 is 4.79 Å². The molecule has 0 aliphatic rings. The summed E-state index contributed by atoms with van der Waals surface area (Å²) in [7, 11) is 0. The second kappa shape index (κ2) is 4.72. The van der Waals surface area contributed by atoms with Gasteiger partial charge in [0.15, 0.2) is 0 Å². The van der Waals surface area contributed by atoms with Crippen LogP contribution in [0.3, 0.4) is 0 Å². The lowest BCUT2D eigenvalue weighted by Crippen LogP contribution is -2.31. The molecule has 0 atom stereocenters. The average Bonchev–Trinajstić information content (AvgIpc) is 2.53. The van der Waals surface area contributed by atoms with Gasteiger partial charge in [0.1, 0.15) is 11.3 Å². The number of hydrogen-bond donors (Lipinski definition) is 1. The van der Waals surface area contributed by atoms with E-state index in [9.17, 15) is 4.79 Å². The number of aromatic nitrogens is 2. The highest BCUT2D eigenvalue weighted by Crippen LogP contribution is 2.20. The number of fused-ring (bicyclic) bond motifs is 1. The summed E-state index contributed by atoms with van der Waals surface area (Å²) in [5.41, 5.74) is 3.21. The van der Waals surface area contributed by atoms with Crippen LogP contribution in [0.15, 0.2) is 16.7 Å². The molecule has 0 fully saturated rings. The Morgan fingerprint density at radius 2 is 2.11 bits per heavy atom. The topological polar surface area (TPSA) is 46.4 Å². The van der Waals surface area contributed by atoms with Crippen molar-refractivity contribution in [1.29, 1.82) is 0 Å². The predicted molar refractivity (Wildman–Crippen MR) is 75.0 cm³/mol. The number of halogens is 1. The molecule has 1 N–H and O–H groups in total. The zero-order chi connectivity index (χ0) is 13.4. The Labute approximate surface area is 115 Å². The van der Waals surface area contributed by atoms with Gasteiger partial charge in [0, 0.05) is 16.7 Å². The van der Waals surface area contributed by atoms with Gasteiger partial charge in [0.2, 0.25) is 0 Å². The zero-order valence-corrected chi connectivity index (χ0v) is 12.5. The molecular weight excluding hydrogens is 294 g/mol. The van der Waals surface area contributed by atoms with Crippen LogP contribution in [-0.2, 0) is 0 Å². The van der Waals surface area contributed by atoms with Gasteiger partial charge in [-0.1, -0.05) is 0 Å². The monoisotopic (exact) mass is 309 g/mol. The van der Waals surface area contributed by atoms with Crippen molar-refractivity contribution >= 4 is 27.5 Å². The number of hydrogen-bond acceptors (Lipinski definition) is 2. The van der Waals surface area contributed by atoms with Gasteiger partial charge in [0.25, 0.3) is 5.91 Å². The Morgan fingerprint density at radius 3 is 2.72 bits per heavy atom. The molecule has 2 rings (SSSR count). The molecule has 18 heavy (non-hydrogen) atoms. The van der Waals surface area contributed by atoms with Crippen LogP contribution < -0.4 is 5.32 Å². The van der Waals surface area contributed by atoms with E-state index < -0.39 is 0 Å². The summed E-state index contributed by atoms with van der Waals surface area (Å²) < 4.78 is 2.77. The standard InChI is InChI=1S/C13H16BrN3O/c1-7(2)15-13(18)11-9(4)16-12-8(3)5-10(14)6-17(11)12/h5-7H,1-4H3,(H,15,18). The maximum absolute atomic E-state index is 12.2. The van der Waals surface area contributed by atoms with Crippen LogP contribution in [-0.4, -0.2) is 21.3 Å². The molecule has 0 unspecified atom stereocenters. The first-order valence-electron chi connectivity index (χ1n) is 5.86. The molecule has 0 saturated heterocycles. The molecule has 0 aliphatic carbocycles. The average molecular weight is 310 g/mol. The van der Waals surface area contributed by atoms with Crippen molar-refractivity contribution in [2.24, 2.45) is 0 Å². The Hall–Kier alpha value is -1.36. The van der Waals surface area contributed by atoms with Crippen molar-refractivity contribution in [2.45, 2.75) is 33.7 Å². The minimum absolute atomic E-state index is 0.0903. The molecule has 2 heterocycles. The van der Waals surface area contributed by atoms with E-state index >= 15 is 0 Å². The van der Waals surface area contributed by atoms with Crippen molar-refractivity contribution in [2.75, 3.05) is 0 Å².